The van der Waals surface area contributed by atoms with E-state index in [0.29, 0.717) is 0 Å². The number of carbonyl (C=O) groups is 1. The first-order chi connectivity index (χ1) is 7.77. The van der Waals surface area contributed by atoms with Crippen LogP contribution in [0.4, 0.5) is 0 Å². The van der Waals surface area contributed by atoms with Crippen molar-refractivity contribution >= 4 is 17.0 Å². The molecule has 1 saturated carbocycles. The number of para-hydroxylation sites is 2. The summed E-state index contributed by atoms with van der Waals surface area (Å²) in [6, 6.07) is 7.18. The van der Waals surface area contributed by atoms with Crippen LogP contribution in [0.25, 0.3) is 11.0 Å². The quantitative estimate of drug-likeness (QED) is 0.854. The van der Waals surface area contributed by atoms with Crippen molar-refractivity contribution in [2.24, 2.45) is 5.92 Å². The number of aliphatic carboxylic acids is 1. The SMILES string of the molecule is O=C(O)C(C1CC1)n1cnc2ccccc21. The van der Waals surface area contributed by atoms with Crippen molar-refractivity contribution in [1.82, 2.24) is 9.55 Å². The summed E-state index contributed by atoms with van der Waals surface area (Å²) in [5.41, 5.74) is 1.76. The van der Waals surface area contributed by atoms with Gasteiger partial charge in [0.05, 0.1) is 17.4 Å². The van der Waals surface area contributed by atoms with Crippen LogP contribution in [0, 0.1) is 5.92 Å². The standard InChI is InChI=1S/C12H12N2O2/c15-12(16)11(8-5-6-8)14-7-13-9-3-1-2-4-10(9)14/h1-4,7-8,11H,5-6H2,(H,15,16). The summed E-state index contributed by atoms with van der Waals surface area (Å²) in [5.74, 6) is -0.485. The number of imidazole rings is 1. The molecule has 1 aliphatic rings. The van der Waals surface area contributed by atoms with E-state index in [4.69, 9.17) is 0 Å². The minimum Gasteiger partial charge on any atom is -0.480 e. The summed E-state index contributed by atoms with van der Waals surface area (Å²) >= 11 is 0. The van der Waals surface area contributed by atoms with Crippen LogP contribution in [0.2, 0.25) is 0 Å². The highest BCUT2D eigenvalue weighted by Gasteiger charge is 2.38. The number of hydrogen-bond acceptors (Lipinski definition) is 2. The lowest BCUT2D eigenvalue weighted by molar-refractivity contribution is -0.141. The maximum absolute atomic E-state index is 11.3. The maximum atomic E-state index is 11.3. The third-order valence-electron chi connectivity index (χ3n) is 3.10. The van der Waals surface area contributed by atoms with Gasteiger partial charge in [-0.1, -0.05) is 12.1 Å². The molecule has 1 N–H and O–H groups in total. The number of carboxylic acids is 1. The molecule has 82 valence electrons. The molecule has 4 nitrogen and oxygen atoms in total. The number of hydrogen-bond donors (Lipinski definition) is 1. The molecule has 16 heavy (non-hydrogen) atoms. The molecule has 3 rings (SSSR count). The van der Waals surface area contributed by atoms with Crippen LogP contribution in [-0.4, -0.2) is 20.6 Å². The Kier molecular flexibility index (Phi) is 1.96. The second-order valence-electron chi connectivity index (χ2n) is 4.26. The molecule has 0 bridgehead atoms. The lowest BCUT2D eigenvalue weighted by Crippen LogP contribution is -2.20. The molecule has 1 aromatic heterocycles. The Bertz CT molecular complexity index is 543. The van der Waals surface area contributed by atoms with Crippen LogP contribution in [-0.2, 0) is 4.79 Å². The Hall–Kier alpha value is -1.84. The van der Waals surface area contributed by atoms with E-state index in [1.165, 1.54) is 0 Å². The molecular formula is C12H12N2O2. The maximum Gasteiger partial charge on any atom is 0.327 e. The molecule has 1 unspecified atom stereocenters. The average molecular weight is 216 g/mol. The van der Waals surface area contributed by atoms with Crippen LogP contribution < -0.4 is 0 Å². The molecule has 1 aromatic carbocycles. The molecule has 1 fully saturated rings. The van der Waals surface area contributed by atoms with Gasteiger partial charge in [-0.2, -0.15) is 0 Å². The zero-order valence-electron chi connectivity index (χ0n) is 8.71. The number of rotatable bonds is 3. The number of benzene rings is 1. The van der Waals surface area contributed by atoms with Crippen LogP contribution >= 0.6 is 0 Å². The molecule has 0 aliphatic heterocycles. The first kappa shape index (κ1) is 9.39. The second-order valence-corrected chi connectivity index (χ2v) is 4.26. The normalized spacial score (nSPS) is 17.5. The minimum absolute atomic E-state index is 0.273. The topological polar surface area (TPSA) is 55.1 Å². The van der Waals surface area contributed by atoms with Crippen molar-refractivity contribution < 1.29 is 9.90 Å². The van der Waals surface area contributed by atoms with Gasteiger partial charge in [0.1, 0.15) is 6.04 Å². The van der Waals surface area contributed by atoms with Gasteiger partial charge in [0, 0.05) is 0 Å². The van der Waals surface area contributed by atoms with Crippen LogP contribution in [0.1, 0.15) is 18.9 Å². The van der Waals surface area contributed by atoms with Gasteiger partial charge in [-0.15, -0.1) is 0 Å². The summed E-state index contributed by atoms with van der Waals surface area (Å²) in [6.45, 7) is 0. The van der Waals surface area contributed by atoms with Crippen molar-refractivity contribution in [3.8, 4) is 0 Å². The second kappa shape index (κ2) is 3.33. The summed E-state index contributed by atoms with van der Waals surface area (Å²) in [5, 5.41) is 9.27. The fourth-order valence-electron chi connectivity index (χ4n) is 2.16. The first-order valence-corrected chi connectivity index (χ1v) is 5.42. The largest absolute Gasteiger partial charge is 0.480 e. The molecule has 1 aliphatic carbocycles. The molecular weight excluding hydrogens is 204 g/mol. The van der Waals surface area contributed by atoms with Gasteiger partial charge >= 0.3 is 5.97 Å². The third kappa shape index (κ3) is 1.38. The first-order valence-electron chi connectivity index (χ1n) is 5.42. The third-order valence-corrected chi connectivity index (χ3v) is 3.10. The highest BCUT2D eigenvalue weighted by Crippen LogP contribution is 2.40. The van der Waals surface area contributed by atoms with E-state index in [-0.39, 0.29) is 5.92 Å². The van der Waals surface area contributed by atoms with Gasteiger partial charge in [0.25, 0.3) is 0 Å². The molecule has 0 spiro atoms. The monoisotopic (exact) mass is 216 g/mol. The van der Waals surface area contributed by atoms with Crippen LogP contribution in [0.5, 0.6) is 0 Å². The molecule has 0 amide bonds. The van der Waals surface area contributed by atoms with Gasteiger partial charge in [-0.3, -0.25) is 0 Å². The smallest absolute Gasteiger partial charge is 0.327 e. The van der Waals surface area contributed by atoms with Crippen molar-refractivity contribution in [3.63, 3.8) is 0 Å². The van der Waals surface area contributed by atoms with Crippen molar-refractivity contribution in [3.05, 3.63) is 30.6 Å². The molecule has 1 atom stereocenters. The molecule has 2 aromatic rings. The van der Waals surface area contributed by atoms with Gasteiger partial charge in [0.2, 0.25) is 0 Å². The predicted molar refractivity (Wildman–Crippen MR) is 59.1 cm³/mol. The molecule has 1 heterocycles. The van der Waals surface area contributed by atoms with Gasteiger partial charge in [-0.05, 0) is 30.9 Å². The van der Waals surface area contributed by atoms with E-state index < -0.39 is 12.0 Å². The van der Waals surface area contributed by atoms with E-state index in [1.54, 1.807) is 10.9 Å². The number of nitrogens with zero attached hydrogens (tertiary/aromatic N) is 2. The summed E-state index contributed by atoms with van der Waals surface area (Å²) < 4.78 is 1.79. The van der Waals surface area contributed by atoms with E-state index >= 15 is 0 Å². The summed E-state index contributed by atoms with van der Waals surface area (Å²) in [4.78, 5) is 15.5. The zero-order valence-corrected chi connectivity index (χ0v) is 8.71. The Morgan fingerprint density at radius 2 is 2.19 bits per heavy atom. The molecule has 0 radical (unpaired) electrons. The molecule has 4 heteroatoms. The van der Waals surface area contributed by atoms with E-state index in [0.717, 1.165) is 23.9 Å². The number of carboxylic acid groups (broad SMARTS) is 1. The van der Waals surface area contributed by atoms with Gasteiger partial charge in [-0.25, -0.2) is 9.78 Å². The molecule has 0 saturated heterocycles. The Morgan fingerprint density at radius 1 is 1.44 bits per heavy atom. The summed E-state index contributed by atoms with van der Waals surface area (Å²) in [6.07, 6.45) is 3.65. The van der Waals surface area contributed by atoms with E-state index in [2.05, 4.69) is 4.98 Å². The van der Waals surface area contributed by atoms with Crippen LogP contribution in [0.3, 0.4) is 0 Å². The Labute approximate surface area is 92.5 Å². The number of aromatic nitrogens is 2. The lowest BCUT2D eigenvalue weighted by Gasteiger charge is -2.13. The minimum atomic E-state index is -0.759. The fraction of sp³-hybridized carbons (Fsp3) is 0.333. The Morgan fingerprint density at radius 3 is 2.88 bits per heavy atom. The van der Waals surface area contributed by atoms with E-state index in [1.807, 2.05) is 24.3 Å². The van der Waals surface area contributed by atoms with E-state index in [9.17, 15) is 9.90 Å². The highest BCUT2D eigenvalue weighted by atomic mass is 16.4. The lowest BCUT2D eigenvalue weighted by atomic mass is 10.2. The predicted octanol–water partition coefficient (Wildman–Crippen LogP) is 2.07. The fourth-order valence-corrected chi connectivity index (χ4v) is 2.16. The van der Waals surface area contributed by atoms with Crippen molar-refractivity contribution in [1.29, 1.82) is 0 Å². The van der Waals surface area contributed by atoms with Gasteiger partial charge < -0.3 is 9.67 Å². The van der Waals surface area contributed by atoms with Gasteiger partial charge in [0.15, 0.2) is 0 Å². The highest BCUT2D eigenvalue weighted by molar-refractivity contribution is 5.80. The van der Waals surface area contributed by atoms with Crippen LogP contribution in [0.15, 0.2) is 30.6 Å². The van der Waals surface area contributed by atoms with Crippen molar-refractivity contribution in [2.45, 2.75) is 18.9 Å². The average Bonchev–Trinajstić information content (AvgIpc) is 3.00. The van der Waals surface area contributed by atoms with Crippen molar-refractivity contribution in [2.75, 3.05) is 0 Å². The summed E-state index contributed by atoms with van der Waals surface area (Å²) in [7, 11) is 0. The Balaban J connectivity index is 2.13. The number of fused-ring (bicyclic) bond motifs is 1. The zero-order chi connectivity index (χ0) is 11.1.